The van der Waals surface area contributed by atoms with E-state index in [1.165, 1.54) is 12.8 Å². The van der Waals surface area contributed by atoms with Gasteiger partial charge in [-0.1, -0.05) is 0 Å². The van der Waals surface area contributed by atoms with Gasteiger partial charge in [-0.3, -0.25) is 0 Å². The predicted octanol–water partition coefficient (Wildman–Crippen LogP) is 3.04. The molecule has 0 atom stereocenters. The summed E-state index contributed by atoms with van der Waals surface area (Å²) in [5.74, 6) is 1.12. The molecule has 6 heteroatoms. The van der Waals surface area contributed by atoms with Crippen LogP contribution in [0.25, 0.3) is 0 Å². The van der Waals surface area contributed by atoms with E-state index in [2.05, 4.69) is 31.9 Å². The molecule has 0 saturated heterocycles. The molecule has 2 aromatic rings. The topological polar surface area (TPSA) is 74.5 Å². The second kappa shape index (κ2) is 4.59. The lowest BCUT2D eigenvalue weighted by Gasteiger charge is -2.06. The Balaban J connectivity index is 1.90. The van der Waals surface area contributed by atoms with Crippen LogP contribution in [0.2, 0.25) is 0 Å². The van der Waals surface area contributed by atoms with E-state index in [0.29, 0.717) is 17.3 Å². The maximum atomic E-state index is 9.23. The van der Waals surface area contributed by atoms with Gasteiger partial charge in [-0.25, -0.2) is 4.98 Å². The molecule has 96 valence electrons. The molecule has 0 amide bonds. The van der Waals surface area contributed by atoms with Gasteiger partial charge in [0.25, 0.3) is 0 Å². The summed E-state index contributed by atoms with van der Waals surface area (Å²) < 4.78 is 0. The second-order valence-electron chi connectivity index (χ2n) is 4.72. The van der Waals surface area contributed by atoms with Crippen molar-refractivity contribution in [2.75, 3.05) is 5.32 Å². The van der Waals surface area contributed by atoms with Crippen molar-refractivity contribution in [3.63, 3.8) is 0 Å². The Morgan fingerprint density at radius 2 is 2.16 bits per heavy atom. The lowest BCUT2D eigenvalue weighted by molar-refractivity contribution is 0.958. The van der Waals surface area contributed by atoms with Crippen LogP contribution in [0.4, 0.5) is 10.9 Å². The highest BCUT2D eigenvalue weighted by Crippen LogP contribution is 2.41. The predicted molar refractivity (Wildman–Crippen MR) is 73.6 cm³/mol. The summed E-state index contributed by atoms with van der Waals surface area (Å²) >= 11 is 1.54. The molecule has 1 aliphatic rings. The molecule has 1 fully saturated rings. The number of nitrogens with zero attached hydrogens (tertiary/aromatic N) is 4. The van der Waals surface area contributed by atoms with E-state index in [1.807, 2.05) is 13.8 Å². The normalized spacial score (nSPS) is 14.2. The molecule has 19 heavy (non-hydrogen) atoms. The van der Waals surface area contributed by atoms with Crippen molar-refractivity contribution < 1.29 is 0 Å². The van der Waals surface area contributed by atoms with E-state index >= 15 is 0 Å². The summed E-state index contributed by atoms with van der Waals surface area (Å²) in [6.45, 7) is 3.73. The molecule has 1 saturated carbocycles. The van der Waals surface area contributed by atoms with Crippen molar-refractivity contribution in [2.24, 2.45) is 0 Å². The van der Waals surface area contributed by atoms with Gasteiger partial charge in [0.05, 0.1) is 11.4 Å². The number of aromatic nitrogens is 3. The van der Waals surface area contributed by atoms with Crippen molar-refractivity contribution in [2.45, 2.75) is 32.6 Å². The zero-order valence-electron chi connectivity index (χ0n) is 10.8. The Hall–Kier alpha value is -2.00. The van der Waals surface area contributed by atoms with Gasteiger partial charge in [0.1, 0.15) is 11.6 Å². The smallest absolute Gasteiger partial charge is 0.188 e. The second-order valence-corrected chi connectivity index (χ2v) is 5.58. The third-order valence-electron chi connectivity index (χ3n) is 3.31. The number of hydrogen-bond acceptors (Lipinski definition) is 6. The number of hydrogen-bond donors (Lipinski definition) is 1. The Kier molecular flexibility index (Phi) is 2.91. The molecule has 0 aliphatic heterocycles. The van der Waals surface area contributed by atoms with Crippen LogP contribution in [0.5, 0.6) is 0 Å². The van der Waals surface area contributed by atoms with Crippen LogP contribution in [0, 0.1) is 25.2 Å². The molecule has 0 aromatic carbocycles. The van der Waals surface area contributed by atoms with E-state index in [4.69, 9.17) is 0 Å². The average Bonchev–Trinajstić information content (AvgIpc) is 3.15. The van der Waals surface area contributed by atoms with E-state index in [9.17, 15) is 5.26 Å². The minimum Gasteiger partial charge on any atom is -0.314 e. The molecule has 0 unspecified atom stereocenters. The first-order valence-corrected chi connectivity index (χ1v) is 7.03. The van der Waals surface area contributed by atoms with E-state index in [-0.39, 0.29) is 0 Å². The molecule has 0 bridgehead atoms. The van der Waals surface area contributed by atoms with Gasteiger partial charge in [0.2, 0.25) is 0 Å². The first-order valence-electron chi connectivity index (χ1n) is 6.15. The lowest BCUT2D eigenvalue weighted by Crippen LogP contribution is -2.03. The van der Waals surface area contributed by atoms with Crippen LogP contribution in [0.3, 0.4) is 0 Å². The zero-order valence-corrected chi connectivity index (χ0v) is 11.6. The summed E-state index contributed by atoms with van der Waals surface area (Å²) in [5.41, 5.74) is 3.32. The molecule has 0 spiro atoms. The lowest BCUT2D eigenvalue weighted by atomic mass is 10.1. The van der Waals surface area contributed by atoms with E-state index in [1.54, 1.807) is 11.3 Å². The van der Waals surface area contributed by atoms with Gasteiger partial charge in [-0.05, 0) is 32.3 Å². The highest BCUT2D eigenvalue weighted by atomic mass is 32.1. The Morgan fingerprint density at radius 3 is 2.84 bits per heavy atom. The van der Waals surface area contributed by atoms with Crippen molar-refractivity contribution in [3.8, 4) is 6.07 Å². The Bertz CT molecular complexity index is 666. The Labute approximate surface area is 115 Å². The maximum Gasteiger partial charge on any atom is 0.188 e. The number of aryl methyl sites for hydroxylation is 1. The third kappa shape index (κ3) is 2.29. The summed E-state index contributed by atoms with van der Waals surface area (Å²) in [7, 11) is 0. The number of nitriles is 1. The fourth-order valence-electron chi connectivity index (χ4n) is 1.84. The number of rotatable bonds is 3. The van der Waals surface area contributed by atoms with Crippen molar-refractivity contribution >= 4 is 22.3 Å². The standard InChI is InChI=1S/C13H13N5S/c1-7-8(2)17-18-12(10(7)5-14)16-13-15-11(6-19-13)9-3-4-9/h6,9H,3-4H2,1-2H3,(H,15,16,18). The fourth-order valence-corrected chi connectivity index (χ4v) is 2.64. The minimum absolute atomic E-state index is 0.488. The quantitative estimate of drug-likeness (QED) is 0.928. The fraction of sp³-hybridized carbons (Fsp3) is 0.385. The van der Waals surface area contributed by atoms with Crippen LogP contribution < -0.4 is 5.32 Å². The molecule has 0 radical (unpaired) electrons. The molecule has 1 N–H and O–H groups in total. The summed E-state index contributed by atoms with van der Waals surface area (Å²) in [4.78, 5) is 4.53. The summed E-state index contributed by atoms with van der Waals surface area (Å²) in [6.07, 6.45) is 2.46. The van der Waals surface area contributed by atoms with E-state index in [0.717, 1.165) is 22.1 Å². The number of thiazole rings is 1. The highest BCUT2D eigenvalue weighted by molar-refractivity contribution is 7.13. The van der Waals surface area contributed by atoms with Crippen molar-refractivity contribution in [3.05, 3.63) is 27.9 Å². The molecular weight excluding hydrogens is 258 g/mol. The molecule has 3 rings (SSSR count). The number of anilines is 2. The molecule has 1 aliphatic carbocycles. The van der Waals surface area contributed by atoms with Crippen LogP contribution in [-0.4, -0.2) is 15.2 Å². The van der Waals surface area contributed by atoms with Crippen LogP contribution >= 0.6 is 11.3 Å². The van der Waals surface area contributed by atoms with Crippen LogP contribution in [0.1, 0.15) is 41.3 Å². The SMILES string of the molecule is Cc1nnc(Nc2nc(C3CC3)cs2)c(C#N)c1C. The van der Waals surface area contributed by atoms with Gasteiger partial charge in [0.15, 0.2) is 10.9 Å². The summed E-state index contributed by atoms with van der Waals surface area (Å²) in [5, 5.41) is 23.3. The number of nitrogens with one attached hydrogen (secondary N) is 1. The minimum atomic E-state index is 0.488. The molecule has 2 aromatic heterocycles. The molecular formula is C13H13N5S. The van der Waals surface area contributed by atoms with Gasteiger partial charge >= 0.3 is 0 Å². The van der Waals surface area contributed by atoms with Gasteiger partial charge in [-0.2, -0.15) is 10.4 Å². The van der Waals surface area contributed by atoms with Crippen LogP contribution in [-0.2, 0) is 0 Å². The van der Waals surface area contributed by atoms with E-state index < -0.39 is 0 Å². The Morgan fingerprint density at radius 1 is 1.37 bits per heavy atom. The average molecular weight is 271 g/mol. The molecule has 5 nitrogen and oxygen atoms in total. The largest absolute Gasteiger partial charge is 0.314 e. The van der Waals surface area contributed by atoms with Gasteiger partial charge in [0, 0.05) is 11.3 Å². The van der Waals surface area contributed by atoms with Crippen molar-refractivity contribution in [1.29, 1.82) is 5.26 Å². The monoisotopic (exact) mass is 271 g/mol. The van der Waals surface area contributed by atoms with Crippen molar-refractivity contribution in [1.82, 2.24) is 15.2 Å². The van der Waals surface area contributed by atoms with Crippen LogP contribution in [0.15, 0.2) is 5.38 Å². The first kappa shape index (κ1) is 12.1. The zero-order chi connectivity index (χ0) is 13.4. The summed E-state index contributed by atoms with van der Waals surface area (Å²) in [6, 6.07) is 2.18. The molecule has 2 heterocycles. The van der Waals surface area contributed by atoms with Gasteiger partial charge in [-0.15, -0.1) is 16.4 Å². The maximum absolute atomic E-state index is 9.23. The third-order valence-corrected chi connectivity index (χ3v) is 4.09. The van der Waals surface area contributed by atoms with Gasteiger partial charge < -0.3 is 5.32 Å². The highest BCUT2D eigenvalue weighted by Gasteiger charge is 2.26. The first-order chi connectivity index (χ1) is 9.19.